The highest BCUT2D eigenvalue weighted by molar-refractivity contribution is 6.74. The fourth-order valence-electron chi connectivity index (χ4n) is 4.13. The summed E-state index contributed by atoms with van der Waals surface area (Å²) < 4.78 is 32.7. The molecule has 0 saturated heterocycles. The number of ether oxygens (including phenoxy) is 2. The summed E-state index contributed by atoms with van der Waals surface area (Å²) in [5, 5.41) is 10.9. The van der Waals surface area contributed by atoms with Crippen LogP contribution in [-0.2, 0) is 15.7 Å². The van der Waals surface area contributed by atoms with Crippen molar-refractivity contribution >= 4 is 31.0 Å². The highest BCUT2D eigenvalue weighted by atomic mass is 28.4. The first-order valence-corrected chi connectivity index (χ1v) is 16.4. The summed E-state index contributed by atoms with van der Waals surface area (Å²) >= 11 is 0. The first-order valence-electron chi connectivity index (χ1n) is 13.5. The molecule has 1 amide bonds. The maximum Gasteiger partial charge on any atom is 0.410 e. The summed E-state index contributed by atoms with van der Waals surface area (Å²) in [4.78, 5) is 29.8. The highest BCUT2D eigenvalue weighted by Gasteiger charge is 2.41. The number of phenols is 1. The molecule has 3 aromatic rings. The van der Waals surface area contributed by atoms with Gasteiger partial charge in [-0.2, -0.15) is 0 Å². The number of hydrogen-bond donors (Lipinski definition) is 3. The second-order valence-corrected chi connectivity index (χ2v) is 17.5. The Hall–Kier alpha value is -3.57. The van der Waals surface area contributed by atoms with Gasteiger partial charge in [-0.25, -0.2) is 9.18 Å². The molecule has 224 valence electrons. The van der Waals surface area contributed by atoms with Gasteiger partial charge >= 0.3 is 6.09 Å². The Balaban J connectivity index is 2.19. The molecule has 0 fully saturated rings. The topological polar surface area (TPSA) is 127 Å². The number of carbonyl (C=O) groups is 1. The zero-order valence-corrected chi connectivity index (χ0v) is 26.3. The second kappa shape index (κ2) is 11.7. The molecule has 1 heterocycles. The highest BCUT2D eigenvalue weighted by Crippen LogP contribution is 2.42. The number of amides is 1. The minimum absolute atomic E-state index is 0.0234. The van der Waals surface area contributed by atoms with E-state index in [2.05, 4.69) is 38.8 Å². The molecule has 3 rings (SSSR count). The molecule has 41 heavy (non-hydrogen) atoms. The first kappa shape index (κ1) is 31.9. The van der Waals surface area contributed by atoms with Crippen molar-refractivity contribution in [3.8, 4) is 11.5 Å². The van der Waals surface area contributed by atoms with Gasteiger partial charge in [0.2, 0.25) is 5.56 Å². The van der Waals surface area contributed by atoms with Crippen molar-refractivity contribution in [3.63, 3.8) is 0 Å². The number of nitrogens with two attached hydrogens (primary N) is 1. The van der Waals surface area contributed by atoms with Crippen molar-refractivity contribution in [2.24, 2.45) is 0 Å². The van der Waals surface area contributed by atoms with E-state index in [-0.39, 0.29) is 40.6 Å². The van der Waals surface area contributed by atoms with E-state index in [1.807, 2.05) is 0 Å². The Bertz CT molecular complexity index is 1480. The number of nitrogens with one attached hydrogen (secondary N) is 1. The van der Waals surface area contributed by atoms with Crippen LogP contribution >= 0.6 is 0 Å². The number of aromatic nitrogens is 1. The molecule has 2 aromatic carbocycles. The van der Waals surface area contributed by atoms with E-state index in [0.717, 1.165) is 0 Å². The average molecular weight is 588 g/mol. The van der Waals surface area contributed by atoms with Crippen molar-refractivity contribution in [1.29, 1.82) is 0 Å². The fourth-order valence-corrected chi connectivity index (χ4v) is 5.40. The van der Waals surface area contributed by atoms with Crippen LogP contribution in [0.1, 0.15) is 58.8 Å². The third-order valence-corrected chi connectivity index (χ3v) is 11.8. The monoisotopic (exact) mass is 587 g/mol. The summed E-state index contributed by atoms with van der Waals surface area (Å²) in [5.74, 6) is -0.391. The predicted octanol–water partition coefficient (Wildman–Crippen LogP) is 6.46. The fraction of sp³-hybridized carbons (Fsp3) is 0.467. The normalized spacial score (nSPS) is 13.2. The van der Waals surface area contributed by atoms with E-state index >= 15 is 0 Å². The lowest BCUT2D eigenvalue weighted by atomic mass is 10.0. The summed E-state index contributed by atoms with van der Waals surface area (Å²) in [5.41, 5.74) is 5.87. The van der Waals surface area contributed by atoms with Crippen LogP contribution in [0.25, 0.3) is 10.9 Å². The molecule has 0 aliphatic rings. The van der Waals surface area contributed by atoms with E-state index in [1.165, 1.54) is 36.3 Å². The number of hydrogen-bond acceptors (Lipinski definition) is 7. The molecular formula is C30H42FN3O6Si. The van der Waals surface area contributed by atoms with Gasteiger partial charge in [-0.15, -0.1) is 0 Å². The Morgan fingerprint density at radius 1 is 1.12 bits per heavy atom. The average Bonchev–Trinajstić information content (AvgIpc) is 2.83. The third-order valence-electron chi connectivity index (χ3n) is 7.30. The van der Waals surface area contributed by atoms with Gasteiger partial charge in [-0.1, -0.05) is 26.8 Å². The van der Waals surface area contributed by atoms with Gasteiger partial charge in [0.25, 0.3) is 0 Å². The van der Waals surface area contributed by atoms with E-state index < -0.39 is 31.9 Å². The molecule has 1 aromatic heterocycles. The number of anilines is 1. The van der Waals surface area contributed by atoms with E-state index in [9.17, 15) is 19.1 Å². The van der Waals surface area contributed by atoms with Crippen LogP contribution in [0.4, 0.5) is 14.9 Å². The lowest BCUT2D eigenvalue weighted by Crippen LogP contribution is -2.45. The number of fused-ring (bicyclic) bond motifs is 1. The van der Waals surface area contributed by atoms with Crippen LogP contribution in [0, 0.1) is 5.82 Å². The van der Waals surface area contributed by atoms with Gasteiger partial charge in [-0.05, 0) is 62.7 Å². The van der Waals surface area contributed by atoms with Crippen molar-refractivity contribution in [1.82, 2.24) is 9.88 Å². The molecule has 0 bridgehead atoms. The molecule has 0 spiro atoms. The molecule has 11 heteroatoms. The van der Waals surface area contributed by atoms with Gasteiger partial charge in [0, 0.05) is 23.1 Å². The quantitative estimate of drug-likeness (QED) is 0.204. The second-order valence-electron chi connectivity index (χ2n) is 12.7. The van der Waals surface area contributed by atoms with Gasteiger partial charge in [0.1, 0.15) is 22.9 Å². The molecule has 1 atom stereocenters. The largest absolute Gasteiger partial charge is 0.506 e. The van der Waals surface area contributed by atoms with Crippen LogP contribution in [0.5, 0.6) is 11.5 Å². The van der Waals surface area contributed by atoms with E-state index in [1.54, 1.807) is 32.9 Å². The number of nitrogens with zero attached hydrogens (tertiary/aromatic N) is 1. The number of H-pyrrole nitrogens is 1. The zero-order chi connectivity index (χ0) is 30.9. The lowest BCUT2D eigenvalue weighted by Gasteiger charge is -2.41. The first-order chi connectivity index (χ1) is 18.8. The van der Waals surface area contributed by atoms with Gasteiger partial charge < -0.3 is 34.6 Å². The van der Waals surface area contributed by atoms with Crippen LogP contribution in [0.15, 0.2) is 41.2 Å². The Morgan fingerprint density at radius 3 is 2.37 bits per heavy atom. The molecule has 0 unspecified atom stereocenters. The van der Waals surface area contributed by atoms with Crippen LogP contribution < -0.4 is 16.0 Å². The van der Waals surface area contributed by atoms with Crippen molar-refractivity contribution in [3.05, 3.63) is 63.7 Å². The van der Waals surface area contributed by atoms with Crippen molar-refractivity contribution in [2.75, 3.05) is 19.4 Å². The third kappa shape index (κ3) is 7.59. The summed E-state index contributed by atoms with van der Waals surface area (Å²) in [7, 11) is -1.01. The number of nitrogen functional groups attached to an aromatic ring is 1. The van der Waals surface area contributed by atoms with E-state index in [0.29, 0.717) is 22.3 Å². The molecule has 4 N–H and O–H groups in total. The predicted molar refractivity (Wildman–Crippen MR) is 161 cm³/mol. The lowest BCUT2D eigenvalue weighted by molar-refractivity contribution is 0.0136. The molecule has 0 aliphatic carbocycles. The number of rotatable bonds is 8. The number of methoxy groups -OCH3 is 1. The molecule has 0 aliphatic heterocycles. The molecule has 9 nitrogen and oxygen atoms in total. The molecular weight excluding hydrogens is 545 g/mol. The van der Waals surface area contributed by atoms with Crippen molar-refractivity contribution < 1.29 is 28.2 Å². The number of carbonyl (C=O) groups excluding carboxylic acids is 1. The Labute approximate surface area is 241 Å². The maximum atomic E-state index is 14.6. The molecule has 0 saturated carbocycles. The van der Waals surface area contributed by atoms with E-state index in [4.69, 9.17) is 19.6 Å². The van der Waals surface area contributed by atoms with Crippen LogP contribution in [0.2, 0.25) is 18.1 Å². The van der Waals surface area contributed by atoms with Gasteiger partial charge in [0.05, 0.1) is 37.5 Å². The zero-order valence-electron chi connectivity index (χ0n) is 25.3. The minimum atomic E-state index is -2.45. The number of halogens is 1. The van der Waals surface area contributed by atoms with Crippen LogP contribution in [-0.4, -0.2) is 48.7 Å². The number of pyridine rings is 1. The smallest absolute Gasteiger partial charge is 0.410 e. The summed E-state index contributed by atoms with van der Waals surface area (Å²) in [6, 6.07) is 8.85. The van der Waals surface area contributed by atoms with Crippen LogP contribution in [0.3, 0.4) is 0 Å². The van der Waals surface area contributed by atoms with Gasteiger partial charge in [-0.3, -0.25) is 4.79 Å². The summed E-state index contributed by atoms with van der Waals surface area (Å²) in [6.07, 6.45) is -1.32. The number of benzene rings is 2. The standard InChI is InChI=1S/C30H42FN3O6Si/c1-29(2,3)39-28(37)34(16-18-14-21(31)22(32)15-24(18)38-7)17-25(40-41(8,9)30(4,5)6)19-10-12-23(35)27-20(19)11-13-26(36)33-27/h10-15,25,35H,16-17,32H2,1-9H3,(H,33,36)/t25-/m0/s1. The van der Waals surface area contributed by atoms with Gasteiger partial charge in [0.15, 0.2) is 8.32 Å². The summed E-state index contributed by atoms with van der Waals surface area (Å²) in [6.45, 7) is 15.8. The molecule has 0 radical (unpaired) electrons. The van der Waals surface area contributed by atoms with Crippen molar-refractivity contribution in [2.45, 2.75) is 77.9 Å². The minimum Gasteiger partial charge on any atom is -0.506 e. The Morgan fingerprint density at radius 2 is 1.78 bits per heavy atom. The number of aromatic hydroxyl groups is 1. The Kier molecular flexibility index (Phi) is 9.14. The SMILES string of the molecule is COc1cc(N)c(F)cc1CN(C[C@H](O[Si](C)(C)C(C)(C)C)c1ccc(O)c2[nH]c(=O)ccc12)C(=O)OC(C)(C)C. The maximum absolute atomic E-state index is 14.6. The number of phenolic OH excluding ortho intramolecular Hbond substituents is 1. The number of aromatic amines is 1.